The molecule has 4 nitrogen and oxygen atoms in total. The highest BCUT2D eigenvalue weighted by molar-refractivity contribution is 5.85. The smallest absolute Gasteiger partial charge is 0.124 e. The van der Waals surface area contributed by atoms with Gasteiger partial charge in [-0.25, -0.2) is 0 Å². The summed E-state index contributed by atoms with van der Waals surface area (Å²) in [6.07, 6.45) is 3.34. The molecule has 0 heterocycles. The zero-order valence-corrected chi connectivity index (χ0v) is 18.7. The van der Waals surface area contributed by atoms with E-state index in [1.165, 1.54) is 11.1 Å². The standard InChI is InChI=1S/C29H26N2O2/c1-29(2,23-11-15-25(16-12-23)30-19-21-7-3-5-9-27(21)32)24-13-17-26(18-14-24)31-20-22-8-4-6-10-28(22)33/h3-20,32-33H,1-2H3. The fourth-order valence-corrected chi connectivity index (χ4v) is 3.58. The molecule has 33 heavy (non-hydrogen) atoms. The van der Waals surface area contributed by atoms with Crippen molar-refractivity contribution in [2.75, 3.05) is 0 Å². The second kappa shape index (κ2) is 9.53. The van der Waals surface area contributed by atoms with Gasteiger partial charge in [0.1, 0.15) is 11.5 Å². The topological polar surface area (TPSA) is 65.2 Å². The minimum absolute atomic E-state index is 0.195. The summed E-state index contributed by atoms with van der Waals surface area (Å²) in [6.45, 7) is 4.38. The van der Waals surface area contributed by atoms with Crippen LogP contribution < -0.4 is 0 Å². The van der Waals surface area contributed by atoms with Crippen LogP contribution in [0.3, 0.4) is 0 Å². The number of benzene rings is 4. The predicted molar refractivity (Wildman–Crippen MR) is 136 cm³/mol. The van der Waals surface area contributed by atoms with E-state index >= 15 is 0 Å². The van der Waals surface area contributed by atoms with Gasteiger partial charge < -0.3 is 10.2 Å². The Morgan fingerprint density at radius 2 is 0.909 bits per heavy atom. The molecule has 0 aliphatic heterocycles. The van der Waals surface area contributed by atoms with E-state index < -0.39 is 0 Å². The van der Waals surface area contributed by atoms with Gasteiger partial charge in [-0.3, -0.25) is 9.98 Å². The SMILES string of the molecule is CC(C)(c1ccc(N=Cc2ccccc2O)cc1)c1ccc(N=Cc2ccccc2O)cc1. The average molecular weight is 435 g/mol. The van der Waals surface area contributed by atoms with Gasteiger partial charge in [-0.2, -0.15) is 0 Å². The molecular weight excluding hydrogens is 408 g/mol. The van der Waals surface area contributed by atoms with Crippen molar-refractivity contribution in [3.05, 3.63) is 119 Å². The number of rotatable bonds is 6. The first-order valence-corrected chi connectivity index (χ1v) is 10.8. The number of hydrogen-bond acceptors (Lipinski definition) is 4. The molecule has 0 saturated carbocycles. The molecule has 0 saturated heterocycles. The van der Waals surface area contributed by atoms with E-state index in [9.17, 15) is 10.2 Å². The van der Waals surface area contributed by atoms with E-state index in [-0.39, 0.29) is 16.9 Å². The Bertz CT molecular complexity index is 1190. The van der Waals surface area contributed by atoms with E-state index in [1.807, 2.05) is 48.5 Å². The van der Waals surface area contributed by atoms with E-state index in [0.717, 1.165) is 11.4 Å². The molecule has 164 valence electrons. The van der Waals surface area contributed by atoms with Crippen LogP contribution in [0.1, 0.15) is 36.1 Å². The zero-order valence-electron chi connectivity index (χ0n) is 18.7. The third-order valence-electron chi connectivity index (χ3n) is 5.76. The summed E-state index contributed by atoms with van der Waals surface area (Å²) in [7, 11) is 0. The predicted octanol–water partition coefficient (Wildman–Crippen LogP) is 6.92. The van der Waals surface area contributed by atoms with Crippen LogP contribution in [0, 0.1) is 0 Å². The van der Waals surface area contributed by atoms with Crippen LogP contribution in [-0.2, 0) is 5.41 Å². The molecule has 0 bridgehead atoms. The molecule has 0 radical (unpaired) electrons. The number of phenols is 2. The van der Waals surface area contributed by atoms with Crippen molar-refractivity contribution in [1.82, 2.24) is 0 Å². The van der Waals surface area contributed by atoms with Crippen molar-refractivity contribution in [2.24, 2.45) is 9.98 Å². The second-order valence-corrected chi connectivity index (χ2v) is 8.35. The van der Waals surface area contributed by atoms with Crippen molar-refractivity contribution < 1.29 is 10.2 Å². The van der Waals surface area contributed by atoms with Gasteiger partial charge in [0.15, 0.2) is 0 Å². The van der Waals surface area contributed by atoms with Gasteiger partial charge in [-0.05, 0) is 59.7 Å². The Morgan fingerprint density at radius 1 is 0.545 bits per heavy atom. The number of phenolic OH excluding ortho intramolecular Hbond substituents is 2. The van der Waals surface area contributed by atoms with E-state index in [4.69, 9.17) is 0 Å². The maximum absolute atomic E-state index is 9.88. The molecule has 0 aromatic heterocycles. The number of nitrogens with zero attached hydrogens (tertiary/aromatic N) is 2. The Morgan fingerprint density at radius 3 is 1.27 bits per heavy atom. The van der Waals surface area contributed by atoms with Crippen LogP contribution >= 0.6 is 0 Å². The van der Waals surface area contributed by atoms with Crippen LogP contribution in [0.25, 0.3) is 0 Å². The lowest BCUT2D eigenvalue weighted by molar-refractivity contribution is 0.474. The Hall–Kier alpha value is -4.18. The summed E-state index contributed by atoms with van der Waals surface area (Å²) in [6, 6.07) is 30.5. The molecule has 0 atom stereocenters. The van der Waals surface area contributed by atoms with E-state index in [1.54, 1.807) is 36.7 Å². The monoisotopic (exact) mass is 434 g/mol. The minimum Gasteiger partial charge on any atom is -0.507 e. The first-order chi connectivity index (χ1) is 15.9. The summed E-state index contributed by atoms with van der Waals surface area (Å²) in [5, 5.41) is 19.8. The third-order valence-corrected chi connectivity index (χ3v) is 5.76. The van der Waals surface area contributed by atoms with Gasteiger partial charge in [-0.1, -0.05) is 62.4 Å². The summed E-state index contributed by atoms with van der Waals surface area (Å²) in [5.41, 5.74) is 5.18. The first-order valence-electron chi connectivity index (χ1n) is 10.8. The normalized spacial score (nSPS) is 11.9. The quantitative estimate of drug-likeness (QED) is 0.323. The number of aliphatic imine (C=N–C) groups is 2. The molecule has 2 N–H and O–H groups in total. The molecule has 0 unspecified atom stereocenters. The number of aromatic hydroxyl groups is 2. The minimum atomic E-state index is -0.195. The fraction of sp³-hybridized carbons (Fsp3) is 0.103. The van der Waals surface area contributed by atoms with Crippen molar-refractivity contribution in [1.29, 1.82) is 0 Å². The third kappa shape index (κ3) is 5.18. The lowest BCUT2D eigenvalue weighted by atomic mass is 9.78. The molecule has 0 aliphatic rings. The summed E-state index contributed by atoms with van der Waals surface area (Å²) in [5.74, 6) is 0.430. The second-order valence-electron chi connectivity index (χ2n) is 8.35. The summed E-state index contributed by atoms with van der Waals surface area (Å²) in [4.78, 5) is 8.96. The first kappa shape index (κ1) is 22.0. The van der Waals surface area contributed by atoms with Crippen LogP contribution in [-0.4, -0.2) is 22.6 Å². The Balaban J connectivity index is 1.48. The zero-order chi connectivity index (χ0) is 23.3. The van der Waals surface area contributed by atoms with E-state index in [0.29, 0.717) is 11.1 Å². The fourth-order valence-electron chi connectivity index (χ4n) is 3.58. The Labute approximate surface area is 194 Å². The number of hydrogen-bond donors (Lipinski definition) is 2. The van der Waals surface area contributed by atoms with Crippen molar-refractivity contribution in [2.45, 2.75) is 19.3 Å². The molecule has 4 aromatic carbocycles. The highest BCUT2D eigenvalue weighted by atomic mass is 16.3. The largest absolute Gasteiger partial charge is 0.507 e. The highest BCUT2D eigenvalue weighted by Gasteiger charge is 2.22. The van der Waals surface area contributed by atoms with Gasteiger partial charge in [0, 0.05) is 29.0 Å². The van der Waals surface area contributed by atoms with Crippen LogP contribution in [0.4, 0.5) is 11.4 Å². The summed E-state index contributed by atoms with van der Waals surface area (Å²) >= 11 is 0. The van der Waals surface area contributed by atoms with Crippen LogP contribution in [0.2, 0.25) is 0 Å². The molecule has 0 aliphatic carbocycles. The molecule has 4 rings (SSSR count). The van der Waals surface area contributed by atoms with Gasteiger partial charge >= 0.3 is 0 Å². The van der Waals surface area contributed by atoms with Crippen molar-refractivity contribution >= 4 is 23.8 Å². The van der Waals surface area contributed by atoms with Gasteiger partial charge in [0.05, 0.1) is 11.4 Å². The summed E-state index contributed by atoms with van der Waals surface area (Å²) < 4.78 is 0. The lowest BCUT2D eigenvalue weighted by Crippen LogP contribution is -2.18. The lowest BCUT2D eigenvalue weighted by Gasteiger charge is -2.26. The van der Waals surface area contributed by atoms with Crippen molar-refractivity contribution in [3.63, 3.8) is 0 Å². The number of para-hydroxylation sites is 2. The van der Waals surface area contributed by atoms with Crippen LogP contribution in [0.15, 0.2) is 107 Å². The molecule has 4 heteroatoms. The molecule has 0 fully saturated rings. The van der Waals surface area contributed by atoms with Crippen molar-refractivity contribution in [3.8, 4) is 11.5 Å². The highest BCUT2D eigenvalue weighted by Crippen LogP contribution is 2.33. The van der Waals surface area contributed by atoms with Crippen LogP contribution in [0.5, 0.6) is 11.5 Å². The average Bonchev–Trinajstić information content (AvgIpc) is 2.83. The van der Waals surface area contributed by atoms with Gasteiger partial charge in [0.25, 0.3) is 0 Å². The molecular formula is C29H26N2O2. The maximum atomic E-state index is 9.88. The van der Waals surface area contributed by atoms with Gasteiger partial charge in [-0.15, -0.1) is 0 Å². The molecule has 4 aromatic rings. The molecule has 0 amide bonds. The van der Waals surface area contributed by atoms with Gasteiger partial charge in [0.2, 0.25) is 0 Å². The Kier molecular flexibility index (Phi) is 6.36. The maximum Gasteiger partial charge on any atom is 0.124 e. The van der Waals surface area contributed by atoms with E-state index in [2.05, 4.69) is 48.1 Å². The molecule has 0 spiro atoms.